The van der Waals surface area contributed by atoms with E-state index >= 15 is 0 Å². The monoisotopic (exact) mass is 270 g/mol. The number of anilines is 2. The lowest BCUT2D eigenvalue weighted by Crippen LogP contribution is -2.25. The van der Waals surface area contributed by atoms with Crippen molar-refractivity contribution in [3.63, 3.8) is 0 Å². The van der Waals surface area contributed by atoms with Gasteiger partial charge in [0.2, 0.25) is 5.95 Å². The van der Waals surface area contributed by atoms with Gasteiger partial charge in [-0.05, 0) is 17.5 Å². The van der Waals surface area contributed by atoms with E-state index in [0.717, 1.165) is 18.3 Å². The van der Waals surface area contributed by atoms with Crippen LogP contribution in [0.2, 0.25) is 0 Å². The summed E-state index contributed by atoms with van der Waals surface area (Å²) in [6.07, 6.45) is 1.81. The fourth-order valence-electron chi connectivity index (χ4n) is 2.16. The van der Waals surface area contributed by atoms with Gasteiger partial charge in [0.05, 0.1) is 0 Å². The molecule has 0 amide bonds. The van der Waals surface area contributed by atoms with Gasteiger partial charge in [-0.2, -0.15) is 4.98 Å². The lowest BCUT2D eigenvalue weighted by atomic mass is 10.0. The Kier molecular flexibility index (Phi) is 4.56. The molecule has 0 unspecified atom stereocenters. The average molecular weight is 270 g/mol. The molecule has 1 heterocycles. The summed E-state index contributed by atoms with van der Waals surface area (Å²) in [6, 6.07) is 12.5. The molecule has 0 spiro atoms. The molecule has 20 heavy (non-hydrogen) atoms. The maximum Gasteiger partial charge on any atom is 0.226 e. The summed E-state index contributed by atoms with van der Waals surface area (Å²) in [7, 11) is 5.97. The van der Waals surface area contributed by atoms with Gasteiger partial charge in [-0.3, -0.25) is 0 Å². The van der Waals surface area contributed by atoms with Crippen molar-refractivity contribution in [1.82, 2.24) is 9.97 Å². The van der Waals surface area contributed by atoms with Gasteiger partial charge in [0.25, 0.3) is 0 Å². The van der Waals surface area contributed by atoms with Crippen LogP contribution in [0.3, 0.4) is 0 Å². The second kappa shape index (κ2) is 6.37. The van der Waals surface area contributed by atoms with E-state index in [0.29, 0.717) is 5.92 Å². The third-order valence-electron chi connectivity index (χ3n) is 3.34. The Hall–Kier alpha value is -2.10. The molecule has 4 nitrogen and oxygen atoms in total. The zero-order chi connectivity index (χ0) is 14.5. The van der Waals surface area contributed by atoms with Gasteiger partial charge in [0, 0.05) is 33.9 Å². The molecule has 0 aliphatic carbocycles. The van der Waals surface area contributed by atoms with Crippen molar-refractivity contribution < 1.29 is 0 Å². The van der Waals surface area contributed by atoms with Gasteiger partial charge in [-0.1, -0.05) is 37.3 Å². The zero-order valence-corrected chi connectivity index (χ0v) is 12.6. The lowest BCUT2D eigenvalue weighted by molar-refractivity contribution is 0.726. The van der Waals surface area contributed by atoms with Crippen LogP contribution in [0.1, 0.15) is 18.4 Å². The van der Waals surface area contributed by atoms with Crippen molar-refractivity contribution in [3.05, 3.63) is 48.2 Å². The number of hydrogen-bond acceptors (Lipinski definition) is 4. The Labute approximate surface area is 121 Å². The molecule has 0 radical (unpaired) electrons. The van der Waals surface area contributed by atoms with Gasteiger partial charge in [0.15, 0.2) is 0 Å². The van der Waals surface area contributed by atoms with Crippen molar-refractivity contribution >= 4 is 11.8 Å². The SMILES string of the molecule is C[C@@H](CN(C)c1ccnc(N(C)C)n1)c1ccccc1. The van der Waals surface area contributed by atoms with Crippen molar-refractivity contribution in [2.75, 3.05) is 37.5 Å². The Morgan fingerprint density at radius 3 is 2.40 bits per heavy atom. The largest absolute Gasteiger partial charge is 0.359 e. The van der Waals surface area contributed by atoms with Gasteiger partial charge in [-0.15, -0.1) is 0 Å². The van der Waals surface area contributed by atoms with Crippen LogP contribution in [0.4, 0.5) is 11.8 Å². The van der Waals surface area contributed by atoms with Gasteiger partial charge in [-0.25, -0.2) is 4.98 Å². The summed E-state index contributed by atoms with van der Waals surface area (Å²) < 4.78 is 0. The Morgan fingerprint density at radius 2 is 1.75 bits per heavy atom. The van der Waals surface area contributed by atoms with Crippen LogP contribution in [-0.2, 0) is 0 Å². The topological polar surface area (TPSA) is 32.3 Å². The quantitative estimate of drug-likeness (QED) is 0.836. The first-order chi connectivity index (χ1) is 9.58. The van der Waals surface area contributed by atoms with E-state index in [1.807, 2.05) is 31.1 Å². The van der Waals surface area contributed by atoms with Crippen LogP contribution in [-0.4, -0.2) is 37.7 Å². The molecular weight excluding hydrogens is 248 g/mol. The van der Waals surface area contributed by atoms with E-state index in [-0.39, 0.29) is 0 Å². The molecule has 0 bridgehead atoms. The zero-order valence-electron chi connectivity index (χ0n) is 12.6. The summed E-state index contributed by atoms with van der Waals surface area (Å²) in [6.45, 7) is 3.16. The van der Waals surface area contributed by atoms with E-state index in [4.69, 9.17) is 0 Å². The van der Waals surface area contributed by atoms with Gasteiger partial charge < -0.3 is 9.80 Å². The molecule has 1 aromatic carbocycles. The number of hydrogen-bond donors (Lipinski definition) is 0. The van der Waals surface area contributed by atoms with Crippen LogP contribution in [0.25, 0.3) is 0 Å². The van der Waals surface area contributed by atoms with Crippen molar-refractivity contribution in [3.8, 4) is 0 Å². The second-order valence-electron chi connectivity index (χ2n) is 5.30. The first kappa shape index (κ1) is 14.3. The molecule has 0 aliphatic heterocycles. The molecule has 1 atom stereocenters. The number of nitrogens with zero attached hydrogens (tertiary/aromatic N) is 4. The molecular formula is C16H22N4. The molecule has 2 aromatic rings. The van der Waals surface area contributed by atoms with Crippen LogP contribution in [0, 0.1) is 0 Å². The van der Waals surface area contributed by atoms with E-state index < -0.39 is 0 Å². The summed E-state index contributed by atoms with van der Waals surface area (Å²) in [5.74, 6) is 2.15. The lowest BCUT2D eigenvalue weighted by Gasteiger charge is -2.23. The minimum atomic E-state index is 0.457. The van der Waals surface area contributed by atoms with Crippen LogP contribution < -0.4 is 9.80 Å². The number of likely N-dealkylation sites (N-methyl/N-ethyl adjacent to an activating group) is 1. The molecule has 0 aliphatic rings. The van der Waals surface area contributed by atoms with E-state index in [1.54, 1.807) is 6.20 Å². The van der Waals surface area contributed by atoms with Crippen molar-refractivity contribution in [2.45, 2.75) is 12.8 Å². The minimum Gasteiger partial charge on any atom is -0.359 e. The normalized spacial score (nSPS) is 12.0. The Balaban J connectivity index is 2.08. The standard InChI is InChI=1S/C16H22N4/c1-13(14-8-6-5-7-9-14)12-20(4)15-10-11-17-16(18-15)19(2)3/h5-11,13H,12H2,1-4H3/t13-/m0/s1. The summed E-state index contributed by atoms with van der Waals surface area (Å²) in [5.41, 5.74) is 1.35. The molecule has 0 saturated heterocycles. The predicted octanol–water partition coefficient (Wildman–Crippen LogP) is 2.78. The highest BCUT2D eigenvalue weighted by Gasteiger charge is 2.11. The molecule has 4 heteroatoms. The fourth-order valence-corrected chi connectivity index (χ4v) is 2.16. The highest BCUT2D eigenvalue weighted by Crippen LogP contribution is 2.19. The smallest absolute Gasteiger partial charge is 0.226 e. The highest BCUT2D eigenvalue weighted by molar-refractivity contribution is 5.42. The van der Waals surface area contributed by atoms with Crippen LogP contribution >= 0.6 is 0 Å². The first-order valence-electron chi connectivity index (χ1n) is 6.84. The Morgan fingerprint density at radius 1 is 1.05 bits per heavy atom. The predicted molar refractivity (Wildman–Crippen MR) is 84.5 cm³/mol. The molecule has 106 valence electrons. The maximum absolute atomic E-state index is 4.56. The summed E-state index contributed by atoms with van der Waals surface area (Å²) in [4.78, 5) is 12.9. The number of benzene rings is 1. The van der Waals surface area contributed by atoms with Crippen LogP contribution in [0.15, 0.2) is 42.6 Å². The van der Waals surface area contributed by atoms with E-state index in [1.165, 1.54) is 5.56 Å². The summed E-state index contributed by atoms with van der Waals surface area (Å²) in [5, 5.41) is 0. The fraction of sp³-hybridized carbons (Fsp3) is 0.375. The third-order valence-corrected chi connectivity index (χ3v) is 3.34. The number of rotatable bonds is 5. The summed E-state index contributed by atoms with van der Waals surface area (Å²) >= 11 is 0. The molecule has 0 N–H and O–H groups in total. The van der Waals surface area contributed by atoms with E-state index in [9.17, 15) is 0 Å². The number of aromatic nitrogens is 2. The maximum atomic E-state index is 4.56. The van der Waals surface area contributed by atoms with Crippen molar-refractivity contribution in [2.24, 2.45) is 0 Å². The second-order valence-corrected chi connectivity index (χ2v) is 5.30. The minimum absolute atomic E-state index is 0.457. The Bertz CT molecular complexity index is 539. The first-order valence-corrected chi connectivity index (χ1v) is 6.84. The average Bonchev–Trinajstić information content (AvgIpc) is 2.48. The molecule has 0 fully saturated rings. The van der Waals surface area contributed by atoms with Gasteiger partial charge in [0.1, 0.15) is 5.82 Å². The highest BCUT2D eigenvalue weighted by atomic mass is 15.3. The van der Waals surface area contributed by atoms with Gasteiger partial charge >= 0.3 is 0 Å². The molecule has 2 rings (SSSR count). The third kappa shape index (κ3) is 3.47. The van der Waals surface area contributed by atoms with Crippen molar-refractivity contribution in [1.29, 1.82) is 0 Å². The molecule has 0 saturated carbocycles. The van der Waals surface area contributed by atoms with Crippen LogP contribution in [0.5, 0.6) is 0 Å². The van der Waals surface area contributed by atoms with E-state index in [2.05, 4.69) is 53.1 Å². The molecule has 1 aromatic heterocycles.